The van der Waals surface area contributed by atoms with Gasteiger partial charge in [-0.3, -0.25) is 4.90 Å². The van der Waals surface area contributed by atoms with E-state index in [1.54, 1.807) is 21.3 Å². The first-order valence-electron chi connectivity index (χ1n) is 7.36. The summed E-state index contributed by atoms with van der Waals surface area (Å²) >= 11 is 0. The fourth-order valence-electron chi connectivity index (χ4n) is 3.29. The monoisotopic (exact) mass is 294 g/mol. The summed E-state index contributed by atoms with van der Waals surface area (Å²) in [5.74, 6) is 2.72. The molecule has 0 saturated carbocycles. The van der Waals surface area contributed by atoms with E-state index in [4.69, 9.17) is 19.9 Å². The SMILES string of the molecule is COc1cc(OC)c(C2C(CN)CCCN2C)c(OC)c1. The van der Waals surface area contributed by atoms with E-state index in [1.165, 1.54) is 6.42 Å². The van der Waals surface area contributed by atoms with Crippen LogP contribution in [0.15, 0.2) is 12.1 Å². The van der Waals surface area contributed by atoms with Crippen molar-refractivity contribution < 1.29 is 14.2 Å². The molecule has 0 bridgehead atoms. The van der Waals surface area contributed by atoms with Gasteiger partial charge in [0.05, 0.1) is 26.9 Å². The van der Waals surface area contributed by atoms with Gasteiger partial charge in [-0.05, 0) is 38.9 Å². The Hall–Kier alpha value is -1.46. The minimum Gasteiger partial charge on any atom is -0.496 e. The lowest BCUT2D eigenvalue weighted by atomic mass is 9.84. The first kappa shape index (κ1) is 15.9. The maximum Gasteiger partial charge on any atom is 0.131 e. The Morgan fingerprint density at radius 1 is 1.14 bits per heavy atom. The summed E-state index contributed by atoms with van der Waals surface area (Å²) in [6, 6.07) is 4.03. The van der Waals surface area contributed by atoms with Gasteiger partial charge in [-0.2, -0.15) is 0 Å². The van der Waals surface area contributed by atoms with Crippen molar-refractivity contribution in [2.45, 2.75) is 18.9 Å². The van der Waals surface area contributed by atoms with Gasteiger partial charge in [-0.25, -0.2) is 0 Å². The Balaban J connectivity index is 2.53. The Bertz CT molecular complexity index is 454. The van der Waals surface area contributed by atoms with Crippen molar-refractivity contribution in [3.05, 3.63) is 17.7 Å². The second-order valence-electron chi connectivity index (χ2n) is 5.51. The number of ether oxygens (including phenoxy) is 3. The third kappa shape index (κ3) is 3.09. The molecule has 21 heavy (non-hydrogen) atoms. The van der Waals surface area contributed by atoms with Gasteiger partial charge >= 0.3 is 0 Å². The molecule has 2 atom stereocenters. The van der Waals surface area contributed by atoms with Crippen LogP contribution in [0, 0.1) is 5.92 Å². The molecule has 5 nitrogen and oxygen atoms in total. The lowest BCUT2D eigenvalue weighted by molar-refractivity contribution is 0.120. The van der Waals surface area contributed by atoms with Gasteiger partial charge in [-0.1, -0.05) is 0 Å². The molecule has 1 fully saturated rings. The molecule has 1 heterocycles. The van der Waals surface area contributed by atoms with Crippen LogP contribution in [0.25, 0.3) is 0 Å². The van der Waals surface area contributed by atoms with Crippen LogP contribution in [-0.2, 0) is 0 Å². The average Bonchev–Trinajstić information content (AvgIpc) is 2.53. The van der Waals surface area contributed by atoms with E-state index in [9.17, 15) is 0 Å². The van der Waals surface area contributed by atoms with Gasteiger partial charge in [0.25, 0.3) is 0 Å². The number of nitrogens with two attached hydrogens (primary N) is 1. The molecular weight excluding hydrogens is 268 g/mol. The van der Waals surface area contributed by atoms with Crippen molar-refractivity contribution in [3.8, 4) is 17.2 Å². The summed E-state index contributed by atoms with van der Waals surface area (Å²) in [7, 11) is 7.13. The Morgan fingerprint density at radius 3 is 2.24 bits per heavy atom. The van der Waals surface area contributed by atoms with E-state index in [0.29, 0.717) is 12.5 Å². The minimum atomic E-state index is 0.208. The molecule has 0 spiro atoms. The summed E-state index contributed by atoms with van der Waals surface area (Å²) in [4.78, 5) is 2.34. The van der Waals surface area contributed by atoms with Gasteiger partial charge < -0.3 is 19.9 Å². The molecule has 2 N–H and O–H groups in total. The molecule has 2 unspecified atom stereocenters. The molecule has 5 heteroatoms. The first-order valence-corrected chi connectivity index (χ1v) is 7.36. The molecule has 2 rings (SSSR count). The zero-order chi connectivity index (χ0) is 15.4. The third-order valence-corrected chi connectivity index (χ3v) is 4.36. The Kier molecular flexibility index (Phi) is 5.31. The largest absolute Gasteiger partial charge is 0.496 e. The summed E-state index contributed by atoms with van der Waals surface area (Å²) in [6.45, 7) is 1.72. The van der Waals surface area contributed by atoms with Crippen molar-refractivity contribution in [1.82, 2.24) is 4.90 Å². The molecule has 0 aliphatic carbocycles. The van der Waals surface area contributed by atoms with Crippen LogP contribution in [0.5, 0.6) is 17.2 Å². The molecule has 1 aliphatic heterocycles. The molecule has 1 saturated heterocycles. The highest BCUT2D eigenvalue weighted by atomic mass is 16.5. The van der Waals surface area contributed by atoms with Gasteiger partial charge in [-0.15, -0.1) is 0 Å². The zero-order valence-electron chi connectivity index (χ0n) is 13.4. The van der Waals surface area contributed by atoms with Crippen molar-refractivity contribution in [2.75, 3.05) is 41.5 Å². The number of hydrogen-bond donors (Lipinski definition) is 1. The summed E-state index contributed by atoms with van der Waals surface area (Å²) in [5.41, 5.74) is 7.07. The van der Waals surface area contributed by atoms with Gasteiger partial charge in [0.1, 0.15) is 17.2 Å². The van der Waals surface area contributed by atoms with Crippen LogP contribution in [0.2, 0.25) is 0 Å². The number of rotatable bonds is 5. The van der Waals surface area contributed by atoms with Crippen molar-refractivity contribution in [3.63, 3.8) is 0 Å². The van der Waals surface area contributed by atoms with Crippen molar-refractivity contribution >= 4 is 0 Å². The van der Waals surface area contributed by atoms with E-state index in [1.807, 2.05) is 12.1 Å². The fourth-order valence-corrected chi connectivity index (χ4v) is 3.29. The van der Waals surface area contributed by atoms with Crippen molar-refractivity contribution in [1.29, 1.82) is 0 Å². The molecular formula is C16H26N2O3. The molecule has 0 radical (unpaired) electrons. The smallest absolute Gasteiger partial charge is 0.131 e. The first-order chi connectivity index (χ1) is 10.2. The highest BCUT2D eigenvalue weighted by Crippen LogP contribution is 2.45. The number of hydrogen-bond acceptors (Lipinski definition) is 5. The van der Waals surface area contributed by atoms with Crippen LogP contribution >= 0.6 is 0 Å². The number of piperidine rings is 1. The van der Waals surface area contributed by atoms with Crippen LogP contribution in [-0.4, -0.2) is 46.4 Å². The topological polar surface area (TPSA) is 57.0 Å². The molecule has 1 aromatic rings. The second-order valence-corrected chi connectivity index (χ2v) is 5.51. The zero-order valence-corrected chi connectivity index (χ0v) is 13.4. The second kappa shape index (κ2) is 7.00. The molecule has 0 amide bonds. The van der Waals surface area contributed by atoms with Crippen molar-refractivity contribution in [2.24, 2.45) is 11.7 Å². The maximum atomic E-state index is 6.00. The standard InChI is InChI=1S/C16H26N2O3/c1-18-7-5-6-11(10-17)16(18)15-13(20-3)8-12(19-2)9-14(15)21-4/h8-9,11,16H,5-7,10,17H2,1-4H3. The molecule has 1 aromatic carbocycles. The van der Waals surface area contributed by atoms with E-state index in [2.05, 4.69) is 11.9 Å². The Morgan fingerprint density at radius 2 is 1.76 bits per heavy atom. The van der Waals surface area contributed by atoms with Gasteiger partial charge in [0, 0.05) is 18.2 Å². The maximum absolute atomic E-state index is 6.00. The van der Waals surface area contributed by atoms with E-state index in [-0.39, 0.29) is 6.04 Å². The van der Waals surface area contributed by atoms with Crippen LogP contribution in [0.4, 0.5) is 0 Å². The lowest BCUT2D eigenvalue weighted by Crippen LogP contribution is -2.39. The highest BCUT2D eigenvalue weighted by Gasteiger charge is 2.34. The van der Waals surface area contributed by atoms with Crippen LogP contribution < -0.4 is 19.9 Å². The predicted molar refractivity (Wildman–Crippen MR) is 83.2 cm³/mol. The number of nitrogens with zero attached hydrogens (tertiary/aromatic N) is 1. The predicted octanol–water partition coefficient (Wildman–Crippen LogP) is 2.05. The summed E-state index contributed by atoms with van der Waals surface area (Å²) < 4.78 is 16.5. The quantitative estimate of drug-likeness (QED) is 0.901. The molecule has 0 aromatic heterocycles. The van der Waals surface area contributed by atoms with Gasteiger partial charge in [0.2, 0.25) is 0 Å². The molecule has 1 aliphatic rings. The lowest BCUT2D eigenvalue weighted by Gasteiger charge is -2.40. The molecule has 118 valence electrons. The highest BCUT2D eigenvalue weighted by molar-refractivity contribution is 5.52. The van der Waals surface area contributed by atoms with E-state index < -0.39 is 0 Å². The summed E-state index contributed by atoms with van der Waals surface area (Å²) in [6.07, 6.45) is 2.31. The van der Waals surface area contributed by atoms with Crippen LogP contribution in [0.1, 0.15) is 24.4 Å². The average molecular weight is 294 g/mol. The summed E-state index contributed by atoms with van der Waals surface area (Å²) in [5, 5.41) is 0. The van der Waals surface area contributed by atoms with Crippen LogP contribution in [0.3, 0.4) is 0 Å². The number of methoxy groups -OCH3 is 3. The van der Waals surface area contributed by atoms with E-state index in [0.717, 1.165) is 35.8 Å². The van der Waals surface area contributed by atoms with E-state index >= 15 is 0 Å². The third-order valence-electron chi connectivity index (χ3n) is 4.36. The number of benzene rings is 1. The normalized spacial score (nSPS) is 22.9. The number of likely N-dealkylation sites (tertiary alicyclic amines) is 1. The Labute approximate surface area is 127 Å². The minimum absolute atomic E-state index is 0.208. The van der Waals surface area contributed by atoms with Gasteiger partial charge in [0.15, 0.2) is 0 Å². The fraction of sp³-hybridized carbons (Fsp3) is 0.625.